The van der Waals surface area contributed by atoms with Gasteiger partial charge < -0.3 is 5.11 Å². The summed E-state index contributed by atoms with van der Waals surface area (Å²) < 4.78 is 13.8. The summed E-state index contributed by atoms with van der Waals surface area (Å²) in [6.45, 7) is 0. The molecule has 5 heteroatoms. The van der Waals surface area contributed by atoms with Crippen LogP contribution < -0.4 is 0 Å². The molecule has 0 aliphatic heterocycles. The Morgan fingerprint density at radius 3 is 2.48 bits per heavy atom. The van der Waals surface area contributed by atoms with Crippen LogP contribution in [0.1, 0.15) is 10.4 Å². The van der Waals surface area contributed by atoms with E-state index in [2.05, 4.69) is 20.9 Å². The number of carbonyl (C=O) groups is 1. The van der Waals surface area contributed by atoms with Gasteiger partial charge in [-0.25, -0.2) is 14.2 Å². The minimum atomic E-state index is -1.02. The van der Waals surface area contributed by atoms with E-state index in [-0.39, 0.29) is 11.4 Å². The molecular formula is C16H9BrFNO2. The van der Waals surface area contributed by atoms with Crippen LogP contribution in [0.3, 0.4) is 0 Å². The summed E-state index contributed by atoms with van der Waals surface area (Å²) in [7, 11) is 0. The van der Waals surface area contributed by atoms with Crippen molar-refractivity contribution in [2.24, 2.45) is 0 Å². The maximum atomic E-state index is 13.0. The molecule has 0 saturated carbocycles. The van der Waals surface area contributed by atoms with E-state index in [0.29, 0.717) is 22.2 Å². The topological polar surface area (TPSA) is 50.2 Å². The lowest BCUT2D eigenvalue weighted by molar-refractivity contribution is 0.0699. The summed E-state index contributed by atoms with van der Waals surface area (Å²) in [6.07, 6.45) is 0. The van der Waals surface area contributed by atoms with Crippen LogP contribution in [0.15, 0.2) is 53.0 Å². The van der Waals surface area contributed by atoms with E-state index in [1.807, 2.05) is 0 Å². The first-order chi connectivity index (χ1) is 10.0. The van der Waals surface area contributed by atoms with Crippen molar-refractivity contribution < 1.29 is 14.3 Å². The molecule has 2 aromatic carbocycles. The zero-order valence-corrected chi connectivity index (χ0v) is 12.3. The van der Waals surface area contributed by atoms with Crippen molar-refractivity contribution in [1.29, 1.82) is 0 Å². The summed E-state index contributed by atoms with van der Waals surface area (Å²) in [4.78, 5) is 15.9. The van der Waals surface area contributed by atoms with Gasteiger partial charge in [0.05, 0.1) is 16.8 Å². The highest BCUT2D eigenvalue weighted by Gasteiger charge is 2.13. The number of carboxylic acid groups (broad SMARTS) is 1. The van der Waals surface area contributed by atoms with Gasteiger partial charge >= 0.3 is 5.97 Å². The van der Waals surface area contributed by atoms with Gasteiger partial charge in [0.1, 0.15) is 5.82 Å². The summed E-state index contributed by atoms with van der Waals surface area (Å²) >= 11 is 3.35. The summed E-state index contributed by atoms with van der Waals surface area (Å²) in [5, 5.41) is 9.93. The molecule has 0 aliphatic carbocycles. The standard InChI is InChI=1S/C16H9BrFNO2/c17-10-3-6-12-13(16(20)21)8-14(19-15(12)7-10)9-1-4-11(18)5-2-9/h1-8H,(H,20,21). The van der Waals surface area contributed by atoms with Crippen LogP contribution in [-0.4, -0.2) is 16.1 Å². The van der Waals surface area contributed by atoms with Crippen molar-refractivity contribution in [3.63, 3.8) is 0 Å². The lowest BCUT2D eigenvalue weighted by atomic mass is 10.0. The number of hydrogen-bond acceptors (Lipinski definition) is 2. The molecule has 0 bridgehead atoms. The Bertz CT molecular complexity index is 847. The number of aromatic nitrogens is 1. The predicted octanol–water partition coefficient (Wildman–Crippen LogP) is 4.50. The van der Waals surface area contributed by atoms with Crippen LogP contribution in [0.4, 0.5) is 4.39 Å². The maximum absolute atomic E-state index is 13.0. The largest absolute Gasteiger partial charge is 0.478 e. The van der Waals surface area contributed by atoms with Gasteiger partial charge in [0.25, 0.3) is 0 Å². The first kappa shape index (κ1) is 13.7. The molecule has 0 aliphatic rings. The minimum Gasteiger partial charge on any atom is -0.478 e. The second-order valence-corrected chi connectivity index (χ2v) is 5.44. The number of fused-ring (bicyclic) bond motifs is 1. The van der Waals surface area contributed by atoms with Crippen LogP contribution >= 0.6 is 15.9 Å². The third kappa shape index (κ3) is 2.64. The lowest BCUT2D eigenvalue weighted by Gasteiger charge is -2.07. The SMILES string of the molecule is O=C(O)c1cc(-c2ccc(F)cc2)nc2cc(Br)ccc12. The Morgan fingerprint density at radius 2 is 1.81 bits per heavy atom. The smallest absolute Gasteiger partial charge is 0.336 e. The highest BCUT2D eigenvalue weighted by molar-refractivity contribution is 9.10. The molecule has 3 rings (SSSR count). The Morgan fingerprint density at radius 1 is 1.10 bits per heavy atom. The number of hydrogen-bond donors (Lipinski definition) is 1. The lowest BCUT2D eigenvalue weighted by Crippen LogP contribution is -2.00. The molecule has 0 atom stereocenters. The van der Waals surface area contributed by atoms with Crippen LogP contribution in [0.25, 0.3) is 22.2 Å². The number of aromatic carboxylic acids is 1. The van der Waals surface area contributed by atoms with Gasteiger partial charge in [-0.2, -0.15) is 0 Å². The molecule has 0 fully saturated rings. The summed E-state index contributed by atoms with van der Waals surface area (Å²) in [6, 6.07) is 12.5. The van der Waals surface area contributed by atoms with Gasteiger partial charge in [0.2, 0.25) is 0 Å². The van der Waals surface area contributed by atoms with E-state index in [1.54, 1.807) is 30.3 Å². The van der Waals surface area contributed by atoms with Crippen molar-refractivity contribution in [3.05, 3.63) is 64.4 Å². The third-order valence-corrected chi connectivity index (χ3v) is 3.64. The van der Waals surface area contributed by atoms with Gasteiger partial charge in [-0.05, 0) is 42.5 Å². The second-order valence-electron chi connectivity index (χ2n) is 4.53. The van der Waals surface area contributed by atoms with Gasteiger partial charge in [0.15, 0.2) is 0 Å². The van der Waals surface area contributed by atoms with E-state index in [4.69, 9.17) is 0 Å². The normalized spacial score (nSPS) is 10.8. The third-order valence-electron chi connectivity index (χ3n) is 3.14. The van der Waals surface area contributed by atoms with E-state index >= 15 is 0 Å². The fraction of sp³-hybridized carbons (Fsp3) is 0. The Labute approximate surface area is 128 Å². The van der Waals surface area contributed by atoms with Crippen LogP contribution in [0.2, 0.25) is 0 Å². The molecule has 0 unspecified atom stereocenters. The average molecular weight is 346 g/mol. The van der Waals surface area contributed by atoms with Crippen molar-refractivity contribution in [2.45, 2.75) is 0 Å². The fourth-order valence-electron chi connectivity index (χ4n) is 2.15. The average Bonchev–Trinajstić information content (AvgIpc) is 2.46. The number of nitrogens with zero attached hydrogens (tertiary/aromatic N) is 1. The number of benzene rings is 2. The maximum Gasteiger partial charge on any atom is 0.336 e. The van der Waals surface area contributed by atoms with Crippen LogP contribution in [0, 0.1) is 5.82 Å². The van der Waals surface area contributed by atoms with Gasteiger partial charge in [-0.1, -0.05) is 22.0 Å². The predicted molar refractivity (Wildman–Crippen MR) is 81.8 cm³/mol. The quantitative estimate of drug-likeness (QED) is 0.743. The molecule has 104 valence electrons. The molecule has 0 amide bonds. The van der Waals surface area contributed by atoms with Crippen LogP contribution in [-0.2, 0) is 0 Å². The first-order valence-electron chi connectivity index (χ1n) is 6.14. The minimum absolute atomic E-state index is 0.173. The van der Waals surface area contributed by atoms with Gasteiger partial charge in [-0.3, -0.25) is 0 Å². The molecule has 0 saturated heterocycles. The number of pyridine rings is 1. The monoisotopic (exact) mass is 345 g/mol. The Kier molecular flexibility index (Phi) is 3.43. The second kappa shape index (κ2) is 5.26. The Hall–Kier alpha value is -2.27. The van der Waals surface area contributed by atoms with Crippen molar-refractivity contribution in [2.75, 3.05) is 0 Å². The van der Waals surface area contributed by atoms with E-state index in [1.165, 1.54) is 18.2 Å². The van der Waals surface area contributed by atoms with Crippen molar-refractivity contribution >= 4 is 32.8 Å². The zero-order chi connectivity index (χ0) is 15.0. The molecule has 21 heavy (non-hydrogen) atoms. The molecule has 3 aromatic rings. The molecule has 0 radical (unpaired) electrons. The zero-order valence-electron chi connectivity index (χ0n) is 10.7. The molecule has 1 aromatic heterocycles. The van der Waals surface area contributed by atoms with Gasteiger partial charge in [-0.15, -0.1) is 0 Å². The number of halogens is 2. The molecule has 1 N–H and O–H groups in total. The summed E-state index contributed by atoms with van der Waals surface area (Å²) in [5.41, 5.74) is 1.91. The number of rotatable bonds is 2. The molecular weight excluding hydrogens is 337 g/mol. The van der Waals surface area contributed by atoms with E-state index in [0.717, 1.165) is 4.47 Å². The fourth-order valence-corrected chi connectivity index (χ4v) is 2.50. The molecule has 3 nitrogen and oxygen atoms in total. The summed E-state index contributed by atoms with van der Waals surface area (Å²) in [5.74, 6) is -1.37. The number of carboxylic acids is 1. The van der Waals surface area contributed by atoms with E-state index in [9.17, 15) is 14.3 Å². The van der Waals surface area contributed by atoms with Gasteiger partial charge in [0, 0.05) is 15.4 Å². The van der Waals surface area contributed by atoms with Crippen LogP contribution in [0.5, 0.6) is 0 Å². The highest BCUT2D eigenvalue weighted by atomic mass is 79.9. The highest BCUT2D eigenvalue weighted by Crippen LogP contribution is 2.27. The Balaban J connectivity index is 2.29. The van der Waals surface area contributed by atoms with E-state index < -0.39 is 5.97 Å². The van der Waals surface area contributed by atoms with Crippen molar-refractivity contribution in [3.8, 4) is 11.3 Å². The first-order valence-corrected chi connectivity index (χ1v) is 6.93. The molecule has 0 spiro atoms. The molecule has 1 heterocycles. The van der Waals surface area contributed by atoms with Crippen molar-refractivity contribution in [1.82, 2.24) is 4.98 Å².